The molecule has 0 unspecified atom stereocenters. The molecule has 0 saturated carbocycles. The van der Waals surface area contributed by atoms with E-state index in [9.17, 15) is 13.2 Å². The molecular weight excluding hydrogens is 374 g/mol. The summed E-state index contributed by atoms with van der Waals surface area (Å²) in [5, 5.41) is 5.95. The largest absolute Gasteiger partial charge is 0.374 e. The summed E-state index contributed by atoms with van der Waals surface area (Å²) in [6.07, 6.45) is 2.86. The molecule has 1 amide bonds. The maximum atomic E-state index is 13.0. The molecule has 1 atom stereocenters. The highest BCUT2D eigenvalue weighted by Crippen LogP contribution is 2.26. The van der Waals surface area contributed by atoms with Gasteiger partial charge in [-0.25, -0.2) is 8.42 Å². The smallest absolute Gasteiger partial charge is 0.246 e. The molecule has 1 aliphatic heterocycles. The quantitative estimate of drug-likeness (QED) is 0.775. The Morgan fingerprint density at radius 1 is 1.00 bits per heavy atom. The number of carbonyl (C=O) groups excluding carboxylic acids is 1. The van der Waals surface area contributed by atoms with Crippen LogP contribution < -0.4 is 10.6 Å². The monoisotopic (exact) mass is 401 g/mol. The number of piperidine rings is 1. The van der Waals surface area contributed by atoms with Gasteiger partial charge in [-0.2, -0.15) is 4.31 Å². The van der Waals surface area contributed by atoms with Crippen LogP contribution in [0.5, 0.6) is 0 Å². The summed E-state index contributed by atoms with van der Waals surface area (Å²) >= 11 is 0. The molecule has 1 fully saturated rings. The van der Waals surface area contributed by atoms with E-state index in [1.54, 1.807) is 36.4 Å². The van der Waals surface area contributed by atoms with Gasteiger partial charge in [-0.15, -0.1) is 0 Å². The van der Waals surface area contributed by atoms with E-state index in [1.165, 1.54) is 0 Å². The van der Waals surface area contributed by atoms with E-state index in [1.807, 2.05) is 30.3 Å². The molecule has 0 spiro atoms. The molecule has 0 aromatic heterocycles. The summed E-state index contributed by atoms with van der Waals surface area (Å²) in [7, 11) is -3.53. The van der Waals surface area contributed by atoms with Gasteiger partial charge in [0.15, 0.2) is 0 Å². The maximum Gasteiger partial charge on any atom is 0.246 e. The van der Waals surface area contributed by atoms with E-state index in [4.69, 9.17) is 0 Å². The first-order chi connectivity index (χ1) is 13.4. The molecule has 28 heavy (non-hydrogen) atoms. The van der Waals surface area contributed by atoms with E-state index in [0.29, 0.717) is 29.2 Å². The average molecular weight is 402 g/mol. The summed E-state index contributed by atoms with van der Waals surface area (Å²) < 4.78 is 27.6. The van der Waals surface area contributed by atoms with Crippen LogP contribution in [0.4, 0.5) is 11.4 Å². The van der Waals surface area contributed by atoms with Gasteiger partial charge >= 0.3 is 0 Å². The summed E-state index contributed by atoms with van der Waals surface area (Å²) in [5.74, 6) is -0.188. The zero-order chi connectivity index (χ0) is 20.1. The Balaban J connectivity index is 1.74. The fourth-order valence-corrected chi connectivity index (χ4v) is 5.07. The molecule has 7 heteroatoms. The molecule has 3 rings (SSSR count). The number of rotatable bonds is 6. The number of carbonyl (C=O) groups is 1. The predicted octanol–water partition coefficient (Wildman–Crippen LogP) is 3.61. The van der Waals surface area contributed by atoms with Crippen LogP contribution in [0, 0.1) is 6.92 Å². The Hall–Kier alpha value is -2.38. The lowest BCUT2D eigenvalue weighted by molar-refractivity contribution is -0.116. The van der Waals surface area contributed by atoms with Crippen LogP contribution in [0.2, 0.25) is 0 Å². The van der Waals surface area contributed by atoms with Crippen molar-refractivity contribution < 1.29 is 13.2 Å². The number of hydrogen-bond acceptors (Lipinski definition) is 4. The minimum atomic E-state index is -3.53. The van der Waals surface area contributed by atoms with Gasteiger partial charge in [0.05, 0.1) is 4.90 Å². The van der Waals surface area contributed by atoms with Gasteiger partial charge in [0, 0.05) is 24.5 Å². The predicted molar refractivity (Wildman–Crippen MR) is 112 cm³/mol. The van der Waals surface area contributed by atoms with Gasteiger partial charge in [-0.3, -0.25) is 4.79 Å². The molecule has 0 bridgehead atoms. The van der Waals surface area contributed by atoms with E-state index < -0.39 is 16.1 Å². The van der Waals surface area contributed by atoms with Crippen LogP contribution in [0.3, 0.4) is 0 Å². The molecular formula is C21H27N3O3S. The summed E-state index contributed by atoms with van der Waals surface area (Å²) in [4.78, 5) is 12.7. The molecule has 0 radical (unpaired) electrons. The molecule has 2 aromatic rings. The van der Waals surface area contributed by atoms with E-state index >= 15 is 0 Å². The number of nitrogens with zero attached hydrogens (tertiary/aromatic N) is 1. The fraction of sp³-hybridized carbons (Fsp3) is 0.381. The fourth-order valence-electron chi connectivity index (χ4n) is 3.30. The second-order valence-corrected chi connectivity index (χ2v) is 9.07. The van der Waals surface area contributed by atoms with Crippen molar-refractivity contribution in [2.24, 2.45) is 0 Å². The van der Waals surface area contributed by atoms with Crippen molar-refractivity contribution in [1.82, 2.24) is 4.31 Å². The Morgan fingerprint density at radius 3 is 2.36 bits per heavy atom. The molecule has 0 aliphatic carbocycles. The number of anilines is 2. The van der Waals surface area contributed by atoms with Gasteiger partial charge in [-0.1, -0.05) is 30.7 Å². The second-order valence-electron chi connectivity index (χ2n) is 7.17. The van der Waals surface area contributed by atoms with E-state index in [2.05, 4.69) is 10.6 Å². The van der Waals surface area contributed by atoms with Crippen molar-refractivity contribution in [1.29, 1.82) is 0 Å². The van der Waals surface area contributed by atoms with Crippen molar-refractivity contribution >= 4 is 27.3 Å². The number of hydrogen-bond donors (Lipinski definition) is 2. The number of aryl methyl sites for hydroxylation is 1. The minimum Gasteiger partial charge on any atom is -0.374 e. The van der Waals surface area contributed by atoms with Crippen molar-refractivity contribution in [2.75, 3.05) is 23.7 Å². The first kappa shape index (κ1) is 20.4. The number of para-hydroxylation sites is 1. The Labute approximate surface area is 167 Å². The van der Waals surface area contributed by atoms with Crippen LogP contribution in [-0.2, 0) is 14.8 Å². The summed E-state index contributed by atoms with van der Waals surface area (Å²) in [6.45, 7) is 4.67. The van der Waals surface area contributed by atoms with Crippen molar-refractivity contribution in [3.05, 3.63) is 54.1 Å². The zero-order valence-corrected chi connectivity index (χ0v) is 17.1. The van der Waals surface area contributed by atoms with Crippen LogP contribution in [0.25, 0.3) is 0 Å². The van der Waals surface area contributed by atoms with E-state index in [-0.39, 0.29) is 5.91 Å². The maximum absolute atomic E-state index is 13.0. The average Bonchev–Trinajstić information content (AvgIpc) is 2.70. The molecule has 6 nitrogen and oxygen atoms in total. The number of benzene rings is 2. The topological polar surface area (TPSA) is 78.5 Å². The van der Waals surface area contributed by atoms with Crippen molar-refractivity contribution in [3.8, 4) is 0 Å². The highest BCUT2D eigenvalue weighted by Gasteiger charge is 2.27. The Morgan fingerprint density at radius 2 is 1.68 bits per heavy atom. The van der Waals surface area contributed by atoms with Crippen LogP contribution in [0.15, 0.2) is 53.4 Å². The molecule has 1 heterocycles. The highest BCUT2D eigenvalue weighted by atomic mass is 32.2. The lowest BCUT2D eigenvalue weighted by Crippen LogP contribution is -2.36. The van der Waals surface area contributed by atoms with Gasteiger partial charge in [0.1, 0.15) is 6.04 Å². The second kappa shape index (κ2) is 8.75. The highest BCUT2D eigenvalue weighted by molar-refractivity contribution is 7.89. The molecule has 2 aromatic carbocycles. The SMILES string of the molecule is Cc1ccc(N[C@@H](C)C(=O)Nc2ccccc2)cc1S(=O)(=O)N1CCCCC1. The van der Waals surface area contributed by atoms with Gasteiger partial charge in [0.2, 0.25) is 15.9 Å². The lowest BCUT2D eigenvalue weighted by Gasteiger charge is -2.27. The normalized spacial score (nSPS) is 16.4. The lowest BCUT2D eigenvalue weighted by atomic mass is 10.2. The Kier molecular flexibility index (Phi) is 6.36. The van der Waals surface area contributed by atoms with Crippen LogP contribution >= 0.6 is 0 Å². The third-order valence-corrected chi connectivity index (χ3v) is 6.98. The van der Waals surface area contributed by atoms with Crippen molar-refractivity contribution in [3.63, 3.8) is 0 Å². The van der Waals surface area contributed by atoms with Crippen LogP contribution in [0.1, 0.15) is 31.7 Å². The third kappa shape index (κ3) is 4.72. The van der Waals surface area contributed by atoms with E-state index in [0.717, 1.165) is 24.9 Å². The standard InChI is InChI=1S/C21H27N3O3S/c1-16-11-12-19(15-20(16)28(26,27)24-13-7-4-8-14-24)22-17(2)21(25)23-18-9-5-3-6-10-18/h3,5-6,9-12,15,17,22H,4,7-8,13-14H2,1-2H3,(H,23,25)/t17-/m0/s1. The van der Waals surface area contributed by atoms with Crippen molar-refractivity contribution in [2.45, 2.75) is 44.0 Å². The zero-order valence-electron chi connectivity index (χ0n) is 16.3. The summed E-state index contributed by atoms with van der Waals surface area (Å²) in [5.41, 5.74) is 2.04. The number of nitrogens with one attached hydrogen (secondary N) is 2. The summed E-state index contributed by atoms with van der Waals surface area (Å²) in [6, 6.07) is 13.9. The van der Waals surface area contributed by atoms with Gasteiger partial charge < -0.3 is 10.6 Å². The van der Waals surface area contributed by atoms with Crippen LogP contribution in [-0.4, -0.2) is 37.8 Å². The molecule has 1 saturated heterocycles. The molecule has 1 aliphatic rings. The van der Waals surface area contributed by atoms with Gasteiger partial charge in [0.25, 0.3) is 0 Å². The number of amides is 1. The molecule has 2 N–H and O–H groups in total. The molecule has 150 valence electrons. The first-order valence-corrected chi connectivity index (χ1v) is 11.1. The minimum absolute atomic E-state index is 0.188. The first-order valence-electron chi connectivity index (χ1n) is 9.61. The third-order valence-electron chi connectivity index (χ3n) is 4.94. The van der Waals surface area contributed by atoms with Gasteiger partial charge in [-0.05, 0) is 56.5 Å². The number of sulfonamides is 1. The Bertz CT molecular complexity index is 923.